The average Bonchev–Trinajstić information content (AvgIpc) is 3.15. The number of rotatable bonds is 6. The lowest BCUT2D eigenvalue weighted by atomic mass is 10.0. The van der Waals surface area contributed by atoms with Crippen LogP contribution in [0, 0.1) is 5.82 Å². The van der Waals surface area contributed by atoms with E-state index in [4.69, 9.17) is 4.74 Å². The van der Waals surface area contributed by atoms with Crippen molar-refractivity contribution in [2.45, 2.75) is 31.3 Å². The topological polar surface area (TPSA) is 108 Å². The first-order valence-electron chi connectivity index (χ1n) is 10.8. The van der Waals surface area contributed by atoms with E-state index in [2.05, 4.69) is 15.3 Å². The molecule has 32 heavy (non-hydrogen) atoms. The Labute approximate surface area is 186 Å². The second-order valence-electron chi connectivity index (χ2n) is 8.27. The van der Waals surface area contributed by atoms with E-state index in [1.165, 1.54) is 17.1 Å². The molecule has 0 unspecified atom stereocenters. The molecular weight excluding hydrogens is 439 g/mol. The smallest absolute Gasteiger partial charge is 0.267 e. The van der Waals surface area contributed by atoms with Crippen LogP contribution < -0.4 is 5.32 Å². The van der Waals surface area contributed by atoms with Gasteiger partial charge in [0.25, 0.3) is 5.91 Å². The van der Waals surface area contributed by atoms with Gasteiger partial charge in [-0.15, -0.1) is 0 Å². The molecule has 0 saturated carbocycles. The van der Waals surface area contributed by atoms with Gasteiger partial charge in [0, 0.05) is 32.5 Å². The molecule has 2 fully saturated rings. The van der Waals surface area contributed by atoms with E-state index in [0.717, 1.165) is 5.56 Å². The van der Waals surface area contributed by atoms with Crippen molar-refractivity contribution in [2.75, 3.05) is 44.4 Å². The summed E-state index contributed by atoms with van der Waals surface area (Å²) in [5.41, 5.74) is 1.10. The van der Waals surface area contributed by atoms with Gasteiger partial charge in [-0.25, -0.2) is 17.8 Å². The van der Waals surface area contributed by atoms with E-state index in [1.807, 2.05) is 0 Å². The molecule has 2 amide bonds. The Hall–Kier alpha value is -2.37. The van der Waals surface area contributed by atoms with Gasteiger partial charge in [-0.3, -0.25) is 14.5 Å². The minimum Gasteiger partial charge on any atom is -0.379 e. The van der Waals surface area contributed by atoms with Crippen molar-refractivity contribution < 1.29 is 27.1 Å². The Balaban J connectivity index is 1.45. The molecule has 11 heteroatoms. The van der Waals surface area contributed by atoms with Crippen LogP contribution in [0.25, 0.3) is 0 Å². The van der Waals surface area contributed by atoms with Gasteiger partial charge < -0.3 is 10.1 Å². The van der Waals surface area contributed by atoms with E-state index in [1.54, 1.807) is 12.1 Å². The zero-order chi connectivity index (χ0) is 22.7. The Kier molecular flexibility index (Phi) is 6.87. The number of benzene rings is 1. The molecule has 1 aromatic rings. The first-order chi connectivity index (χ1) is 15.3. The number of carbonyl (C=O) groups excluding carboxylic acids is 2. The Morgan fingerprint density at radius 2 is 1.94 bits per heavy atom. The first kappa shape index (κ1) is 22.8. The third-order valence-corrected chi connectivity index (χ3v) is 7.82. The second kappa shape index (κ2) is 9.63. The summed E-state index contributed by atoms with van der Waals surface area (Å²) in [4.78, 5) is 27.3. The summed E-state index contributed by atoms with van der Waals surface area (Å²) < 4.78 is 42.4. The number of nitrogens with one attached hydrogen (secondary N) is 1. The van der Waals surface area contributed by atoms with Gasteiger partial charge in [0.1, 0.15) is 11.5 Å². The van der Waals surface area contributed by atoms with Crippen molar-refractivity contribution in [2.24, 2.45) is 5.10 Å². The lowest BCUT2D eigenvalue weighted by molar-refractivity contribution is -0.133. The SMILES string of the molecule is O=C(NC[C@H](c1ccc(F)cc1)N1CCOCC1)C1=NN([C@H]2CCS(=O)(=O)C2)C(=O)CC1. The molecule has 9 nitrogen and oxygen atoms in total. The fourth-order valence-electron chi connectivity index (χ4n) is 4.31. The van der Waals surface area contributed by atoms with Gasteiger partial charge in [0.15, 0.2) is 9.84 Å². The molecule has 0 bridgehead atoms. The Morgan fingerprint density at radius 3 is 2.59 bits per heavy atom. The molecule has 3 heterocycles. The molecule has 0 radical (unpaired) electrons. The van der Waals surface area contributed by atoms with Gasteiger partial charge in [-0.1, -0.05) is 12.1 Å². The minimum absolute atomic E-state index is 0.0252. The largest absolute Gasteiger partial charge is 0.379 e. The maximum atomic E-state index is 13.4. The summed E-state index contributed by atoms with van der Waals surface area (Å²) in [6.07, 6.45) is 0.656. The number of nitrogens with zero attached hydrogens (tertiary/aromatic N) is 3. The number of sulfone groups is 1. The first-order valence-corrected chi connectivity index (χ1v) is 12.6. The third-order valence-electron chi connectivity index (χ3n) is 6.07. The highest BCUT2D eigenvalue weighted by molar-refractivity contribution is 7.91. The number of carbonyl (C=O) groups is 2. The van der Waals surface area contributed by atoms with Gasteiger partial charge >= 0.3 is 0 Å². The number of hydrogen-bond acceptors (Lipinski definition) is 7. The van der Waals surface area contributed by atoms with E-state index in [0.29, 0.717) is 32.7 Å². The van der Waals surface area contributed by atoms with Crippen molar-refractivity contribution in [3.05, 3.63) is 35.6 Å². The number of hydrogen-bond donors (Lipinski definition) is 1. The maximum absolute atomic E-state index is 13.4. The summed E-state index contributed by atoms with van der Waals surface area (Å²) in [5.74, 6) is -1.07. The van der Waals surface area contributed by atoms with Crippen molar-refractivity contribution in [1.82, 2.24) is 15.2 Å². The number of morpholine rings is 1. The Morgan fingerprint density at radius 1 is 1.22 bits per heavy atom. The lowest BCUT2D eigenvalue weighted by Gasteiger charge is -2.35. The van der Waals surface area contributed by atoms with Gasteiger partial charge in [0.05, 0.1) is 36.8 Å². The number of halogens is 1. The van der Waals surface area contributed by atoms with Crippen molar-refractivity contribution >= 4 is 27.4 Å². The lowest BCUT2D eigenvalue weighted by Crippen LogP contribution is -2.47. The van der Waals surface area contributed by atoms with Crippen LogP contribution >= 0.6 is 0 Å². The number of amides is 2. The van der Waals surface area contributed by atoms with Crippen LogP contribution in [0.5, 0.6) is 0 Å². The molecule has 0 aromatic heterocycles. The molecule has 0 spiro atoms. The summed E-state index contributed by atoms with van der Waals surface area (Å²) >= 11 is 0. The second-order valence-corrected chi connectivity index (χ2v) is 10.5. The minimum atomic E-state index is -3.18. The van der Waals surface area contributed by atoms with Crippen LogP contribution in [0.3, 0.4) is 0 Å². The summed E-state index contributed by atoms with van der Waals surface area (Å²) in [6.45, 7) is 2.84. The van der Waals surface area contributed by atoms with Crippen LogP contribution in [0.4, 0.5) is 4.39 Å². The monoisotopic (exact) mass is 466 g/mol. The van der Waals surface area contributed by atoms with Gasteiger partial charge in [-0.2, -0.15) is 5.10 Å². The molecular formula is C21H27FN4O5S. The highest BCUT2D eigenvalue weighted by Gasteiger charge is 2.37. The van der Waals surface area contributed by atoms with E-state index in [9.17, 15) is 22.4 Å². The summed E-state index contributed by atoms with van der Waals surface area (Å²) in [6, 6.07) is 5.53. The highest BCUT2D eigenvalue weighted by Crippen LogP contribution is 2.24. The predicted molar refractivity (Wildman–Crippen MR) is 115 cm³/mol. The predicted octanol–water partition coefficient (Wildman–Crippen LogP) is 0.481. The molecule has 174 valence electrons. The fourth-order valence-corrected chi connectivity index (χ4v) is 6.00. The van der Waals surface area contributed by atoms with Gasteiger partial charge in [-0.05, 0) is 24.1 Å². The van der Waals surface area contributed by atoms with Gasteiger partial charge in [0.2, 0.25) is 5.91 Å². The van der Waals surface area contributed by atoms with Crippen molar-refractivity contribution in [1.29, 1.82) is 0 Å². The fraction of sp³-hybridized carbons (Fsp3) is 0.571. The standard InChI is InChI=1S/C21H27FN4O5S/c22-16-3-1-15(2-4-16)19(25-8-10-31-11-9-25)13-23-21(28)18-5-6-20(27)26(24-18)17-7-12-32(29,30)14-17/h1-4,17,19H,5-14H2,(H,23,28)/t17-,19+/m0/s1. The molecule has 0 aliphatic carbocycles. The normalized spacial score (nSPS) is 24.8. The molecule has 1 N–H and O–H groups in total. The van der Waals surface area contributed by atoms with E-state index in [-0.39, 0.29) is 60.3 Å². The van der Waals surface area contributed by atoms with Crippen LogP contribution in [-0.2, 0) is 24.2 Å². The van der Waals surface area contributed by atoms with E-state index >= 15 is 0 Å². The van der Waals surface area contributed by atoms with Crippen LogP contribution in [0.1, 0.15) is 30.9 Å². The quantitative estimate of drug-likeness (QED) is 0.653. The molecule has 2 atom stereocenters. The molecule has 4 rings (SSSR count). The van der Waals surface area contributed by atoms with Crippen molar-refractivity contribution in [3.63, 3.8) is 0 Å². The van der Waals surface area contributed by atoms with E-state index < -0.39 is 15.9 Å². The van der Waals surface area contributed by atoms with Crippen LogP contribution in [0.2, 0.25) is 0 Å². The molecule has 3 aliphatic rings. The third kappa shape index (κ3) is 5.33. The summed E-state index contributed by atoms with van der Waals surface area (Å²) in [7, 11) is -3.18. The van der Waals surface area contributed by atoms with Crippen LogP contribution in [0.15, 0.2) is 29.4 Å². The Bertz CT molecular complexity index is 992. The molecule has 3 aliphatic heterocycles. The average molecular weight is 467 g/mol. The number of ether oxygens (including phenoxy) is 1. The van der Waals surface area contributed by atoms with Crippen molar-refractivity contribution in [3.8, 4) is 0 Å². The molecule has 2 saturated heterocycles. The molecule has 1 aromatic carbocycles. The zero-order valence-corrected chi connectivity index (χ0v) is 18.5. The van der Waals surface area contributed by atoms with Crippen LogP contribution in [-0.4, -0.2) is 86.2 Å². The maximum Gasteiger partial charge on any atom is 0.267 e. The summed E-state index contributed by atoms with van der Waals surface area (Å²) in [5, 5.41) is 8.31. The zero-order valence-electron chi connectivity index (χ0n) is 17.7. The number of hydrazone groups is 1. The highest BCUT2D eigenvalue weighted by atomic mass is 32.2.